The summed E-state index contributed by atoms with van der Waals surface area (Å²) in [5.74, 6) is 0.278. The van der Waals surface area contributed by atoms with Gasteiger partial charge in [0.15, 0.2) is 0 Å². The molecule has 3 aromatic rings. The van der Waals surface area contributed by atoms with Gasteiger partial charge in [0.05, 0.1) is 16.6 Å². The van der Waals surface area contributed by atoms with Crippen LogP contribution in [-0.2, 0) is 6.18 Å². The zero-order valence-corrected chi connectivity index (χ0v) is 16.2. The number of halogens is 4. The van der Waals surface area contributed by atoms with Crippen molar-refractivity contribution >= 4 is 11.6 Å². The van der Waals surface area contributed by atoms with Crippen LogP contribution in [-0.4, -0.2) is 24.1 Å². The lowest BCUT2D eigenvalue weighted by Gasteiger charge is -2.44. The first-order valence-corrected chi connectivity index (χ1v) is 9.67. The topological polar surface area (TPSA) is 12.5 Å². The molecular weight excluding hydrogens is 399 g/mol. The van der Waals surface area contributed by atoms with Gasteiger partial charge in [0.1, 0.15) is 11.9 Å². The van der Waals surface area contributed by atoms with Gasteiger partial charge < -0.3 is 4.74 Å². The molecule has 29 heavy (non-hydrogen) atoms. The molecule has 0 radical (unpaired) electrons. The number of hydrogen-bond acceptors (Lipinski definition) is 2. The smallest absolute Gasteiger partial charge is 0.416 e. The summed E-state index contributed by atoms with van der Waals surface area (Å²) < 4.78 is 44.2. The minimum atomic E-state index is -4.42. The Labute approximate surface area is 172 Å². The van der Waals surface area contributed by atoms with Crippen molar-refractivity contribution in [3.8, 4) is 5.75 Å². The summed E-state index contributed by atoms with van der Waals surface area (Å²) in [4.78, 5) is 2.29. The molecule has 0 bridgehead atoms. The molecule has 0 unspecified atom stereocenters. The predicted octanol–water partition coefficient (Wildman–Crippen LogP) is 6.21. The van der Waals surface area contributed by atoms with E-state index in [2.05, 4.69) is 29.2 Å². The van der Waals surface area contributed by atoms with Crippen molar-refractivity contribution in [1.29, 1.82) is 0 Å². The van der Waals surface area contributed by atoms with E-state index in [0.717, 1.165) is 12.1 Å². The van der Waals surface area contributed by atoms with Crippen molar-refractivity contribution in [2.75, 3.05) is 13.1 Å². The van der Waals surface area contributed by atoms with E-state index < -0.39 is 11.7 Å². The van der Waals surface area contributed by atoms with Gasteiger partial charge in [0.2, 0.25) is 0 Å². The van der Waals surface area contributed by atoms with E-state index in [4.69, 9.17) is 16.3 Å². The van der Waals surface area contributed by atoms with Crippen LogP contribution in [0.25, 0.3) is 0 Å². The molecule has 0 spiro atoms. The fourth-order valence-electron chi connectivity index (χ4n) is 3.59. The van der Waals surface area contributed by atoms with E-state index >= 15 is 0 Å². The number of ether oxygens (including phenoxy) is 1. The summed E-state index contributed by atoms with van der Waals surface area (Å²) in [6.07, 6.45) is -4.55. The molecule has 3 aromatic carbocycles. The molecule has 150 valence electrons. The molecule has 0 aromatic heterocycles. The van der Waals surface area contributed by atoms with Crippen molar-refractivity contribution < 1.29 is 17.9 Å². The summed E-state index contributed by atoms with van der Waals surface area (Å²) in [5, 5.41) is -0.0269. The van der Waals surface area contributed by atoms with Gasteiger partial charge in [-0.3, -0.25) is 4.90 Å². The normalized spacial score (nSPS) is 15.3. The van der Waals surface area contributed by atoms with Crippen LogP contribution >= 0.6 is 11.6 Å². The van der Waals surface area contributed by atoms with Gasteiger partial charge in [0.25, 0.3) is 0 Å². The highest BCUT2D eigenvalue weighted by atomic mass is 35.5. The summed E-state index contributed by atoms with van der Waals surface area (Å²) in [6, 6.07) is 23.7. The van der Waals surface area contributed by atoms with E-state index in [9.17, 15) is 13.2 Å². The number of nitrogens with zero attached hydrogens (tertiary/aromatic N) is 1. The molecule has 0 amide bonds. The first kappa shape index (κ1) is 19.8. The quantitative estimate of drug-likeness (QED) is 0.489. The van der Waals surface area contributed by atoms with Crippen molar-refractivity contribution in [2.24, 2.45) is 0 Å². The van der Waals surface area contributed by atoms with Crippen molar-refractivity contribution in [3.05, 3.63) is 101 Å². The van der Waals surface area contributed by atoms with Crippen molar-refractivity contribution in [3.63, 3.8) is 0 Å². The van der Waals surface area contributed by atoms with Gasteiger partial charge in [-0.05, 0) is 29.3 Å². The maximum absolute atomic E-state index is 12.8. The molecule has 0 atom stereocenters. The first-order chi connectivity index (χ1) is 13.9. The van der Waals surface area contributed by atoms with Crippen LogP contribution in [0.1, 0.15) is 22.7 Å². The highest BCUT2D eigenvalue weighted by Gasteiger charge is 2.36. The lowest BCUT2D eigenvalue weighted by molar-refractivity contribution is -0.137. The van der Waals surface area contributed by atoms with E-state index in [-0.39, 0.29) is 22.9 Å². The predicted molar refractivity (Wildman–Crippen MR) is 107 cm³/mol. The molecule has 2 nitrogen and oxygen atoms in total. The van der Waals surface area contributed by atoms with E-state index in [0.29, 0.717) is 13.1 Å². The largest absolute Gasteiger partial charge is 0.486 e. The molecule has 1 heterocycles. The van der Waals surface area contributed by atoms with Gasteiger partial charge in [-0.15, -0.1) is 0 Å². The van der Waals surface area contributed by atoms with Crippen LogP contribution in [0.5, 0.6) is 5.75 Å². The zero-order valence-electron chi connectivity index (χ0n) is 15.4. The van der Waals surface area contributed by atoms with Crippen LogP contribution < -0.4 is 4.74 Å². The Hall–Kier alpha value is -2.50. The van der Waals surface area contributed by atoms with Crippen LogP contribution in [0.2, 0.25) is 5.02 Å². The molecule has 1 aliphatic heterocycles. The van der Waals surface area contributed by atoms with Gasteiger partial charge in [-0.1, -0.05) is 72.3 Å². The summed E-state index contributed by atoms with van der Waals surface area (Å²) in [6.45, 7) is 1.32. The average molecular weight is 418 g/mol. The SMILES string of the molecule is FC(F)(F)c1ccc(OC2CN(C(c3ccccc3)c3ccccc3)C2)c(Cl)c1. The number of benzene rings is 3. The van der Waals surface area contributed by atoms with Crippen LogP contribution in [0.4, 0.5) is 13.2 Å². The summed E-state index contributed by atoms with van der Waals surface area (Å²) in [7, 11) is 0. The maximum Gasteiger partial charge on any atom is 0.416 e. The Bertz CT molecular complexity index is 917. The minimum absolute atomic E-state index is 0.0269. The van der Waals surface area contributed by atoms with E-state index in [1.165, 1.54) is 17.2 Å². The third-order valence-electron chi connectivity index (χ3n) is 5.02. The van der Waals surface area contributed by atoms with Gasteiger partial charge in [-0.25, -0.2) is 0 Å². The molecule has 1 fully saturated rings. The fourth-order valence-corrected chi connectivity index (χ4v) is 3.82. The maximum atomic E-state index is 12.8. The third-order valence-corrected chi connectivity index (χ3v) is 5.32. The van der Waals surface area contributed by atoms with Crippen molar-refractivity contribution in [1.82, 2.24) is 4.90 Å². The molecule has 0 aliphatic carbocycles. The Morgan fingerprint density at radius 3 is 1.90 bits per heavy atom. The van der Waals surface area contributed by atoms with Crippen molar-refractivity contribution in [2.45, 2.75) is 18.3 Å². The van der Waals surface area contributed by atoms with Crippen LogP contribution in [0, 0.1) is 0 Å². The highest BCUT2D eigenvalue weighted by molar-refractivity contribution is 6.32. The van der Waals surface area contributed by atoms with Crippen LogP contribution in [0.15, 0.2) is 78.9 Å². The standard InChI is InChI=1S/C23H19ClF3NO/c24-20-13-18(23(25,26)27)11-12-21(20)29-19-14-28(15-19)22(16-7-3-1-4-8-16)17-9-5-2-6-10-17/h1-13,19,22H,14-15H2. The van der Waals surface area contributed by atoms with E-state index in [1.807, 2.05) is 36.4 Å². The fraction of sp³-hybridized carbons (Fsp3) is 0.217. The molecule has 1 aliphatic rings. The second-order valence-corrected chi connectivity index (χ2v) is 7.47. The second-order valence-electron chi connectivity index (χ2n) is 7.06. The monoisotopic (exact) mass is 417 g/mol. The van der Waals surface area contributed by atoms with Gasteiger partial charge in [0, 0.05) is 13.1 Å². The van der Waals surface area contributed by atoms with Crippen LogP contribution in [0.3, 0.4) is 0 Å². The Morgan fingerprint density at radius 1 is 0.862 bits per heavy atom. The summed E-state index contributed by atoms with van der Waals surface area (Å²) in [5.41, 5.74) is 1.59. The number of hydrogen-bond donors (Lipinski definition) is 0. The highest BCUT2D eigenvalue weighted by Crippen LogP contribution is 2.37. The molecular formula is C23H19ClF3NO. The van der Waals surface area contributed by atoms with Gasteiger partial charge >= 0.3 is 6.18 Å². The first-order valence-electron chi connectivity index (χ1n) is 9.29. The Kier molecular flexibility index (Phi) is 5.52. The molecule has 0 saturated carbocycles. The second kappa shape index (κ2) is 8.09. The average Bonchev–Trinajstić information content (AvgIpc) is 2.68. The summed E-state index contributed by atoms with van der Waals surface area (Å²) >= 11 is 6.01. The zero-order chi connectivity index (χ0) is 20.4. The molecule has 4 rings (SSSR count). The Balaban J connectivity index is 1.47. The molecule has 1 saturated heterocycles. The van der Waals surface area contributed by atoms with Gasteiger partial charge in [-0.2, -0.15) is 13.2 Å². The van der Waals surface area contributed by atoms with E-state index in [1.54, 1.807) is 0 Å². The number of rotatable bonds is 5. The minimum Gasteiger partial charge on any atom is -0.486 e. The number of likely N-dealkylation sites (tertiary alicyclic amines) is 1. The number of alkyl halides is 3. The molecule has 6 heteroatoms. The lowest BCUT2D eigenvalue weighted by Crippen LogP contribution is -2.55. The Morgan fingerprint density at radius 2 is 1.41 bits per heavy atom. The molecule has 0 N–H and O–H groups in total. The lowest BCUT2D eigenvalue weighted by atomic mass is 9.94. The third kappa shape index (κ3) is 4.41.